The van der Waals surface area contributed by atoms with Crippen molar-refractivity contribution < 1.29 is 9.53 Å². The zero-order valence-corrected chi connectivity index (χ0v) is 17.9. The Bertz CT molecular complexity index is 574. The molecule has 0 bridgehead atoms. The van der Waals surface area contributed by atoms with Gasteiger partial charge in [0.25, 0.3) is 0 Å². The third-order valence-electron chi connectivity index (χ3n) is 3.70. The third kappa shape index (κ3) is 9.62. The normalized spacial score (nSPS) is 12.9. The quantitative estimate of drug-likeness (QED) is 0.608. The molecule has 0 saturated heterocycles. The van der Waals surface area contributed by atoms with E-state index in [1.807, 2.05) is 39.0 Å². The molecule has 0 heterocycles. The number of hydrogen-bond acceptors (Lipinski definition) is 4. The highest BCUT2D eigenvalue weighted by molar-refractivity contribution is 6.42. The van der Waals surface area contributed by atoms with Gasteiger partial charge < -0.3 is 20.3 Å². The fourth-order valence-electron chi connectivity index (χ4n) is 2.41. The number of alkyl carbamates (subject to hydrolysis) is 1. The zero-order valence-electron chi connectivity index (χ0n) is 16.4. The van der Waals surface area contributed by atoms with E-state index in [4.69, 9.17) is 27.9 Å². The van der Waals surface area contributed by atoms with E-state index in [0.29, 0.717) is 29.1 Å². The van der Waals surface area contributed by atoms with Gasteiger partial charge in [0.05, 0.1) is 10.0 Å². The summed E-state index contributed by atoms with van der Waals surface area (Å²) in [5.74, 6) is 0.314. The minimum absolute atomic E-state index is 0.314. The predicted octanol–water partition coefficient (Wildman–Crippen LogP) is 4.14. The molecule has 5 nitrogen and oxygen atoms in total. The number of carbonyl (C=O) groups is 1. The van der Waals surface area contributed by atoms with Crippen molar-refractivity contribution >= 4 is 29.3 Å². The lowest BCUT2D eigenvalue weighted by Gasteiger charge is -2.21. The van der Waals surface area contributed by atoms with E-state index in [9.17, 15) is 4.79 Å². The summed E-state index contributed by atoms with van der Waals surface area (Å²) in [6, 6.07) is 5.80. The van der Waals surface area contributed by atoms with Crippen LogP contribution in [0.4, 0.5) is 4.79 Å². The standard InChI is InChI=1S/C19H31Cl2N3O2/c1-19(2,3)26-18(25)23-10-9-22-13-15(8-11-24(4)5)14-6-7-16(20)17(21)12-14/h6-7,12,15,22H,8-11,13H2,1-5H3,(H,23,25). The number of hydrogen-bond donors (Lipinski definition) is 2. The fraction of sp³-hybridized carbons (Fsp3) is 0.632. The zero-order chi connectivity index (χ0) is 19.7. The number of amides is 1. The van der Waals surface area contributed by atoms with Crippen molar-refractivity contribution in [3.63, 3.8) is 0 Å². The van der Waals surface area contributed by atoms with Crippen LogP contribution in [0.25, 0.3) is 0 Å². The second-order valence-electron chi connectivity index (χ2n) is 7.60. The van der Waals surface area contributed by atoms with Gasteiger partial charge in [0, 0.05) is 19.6 Å². The summed E-state index contributed by atoms with van der Waals surface area (Å²) in [7, 11) is 4.12. The van der Waals surface area contributed by atoms with Crippen molar-refractivity contribution in [3.05, 3.63) is 33.8 Å². The average molecular weight is 404 g/mol. The molecule has 0 radical (unpaired) electrons. The lowest BCUT2D eigenvalue weighted by Crippen LogP contribution is -2.37. The molecule has 1 unspecified atom stereocenters. The minimum Gasteiger partial charge on any atom is -0.444 e. The number of carbonyl (C=O) groups excluding carboxylic acids is 1. The minimum atomic E-state index is -0.483. The second kappa shape index (κ2) is 11.0. The summed E-state index contributed by atoms with van der Waals surface area (Å²) >= 11 is 12.2. The van der Waals surface area contributed by atoms with E-state index >= 15 is 0 Å². The summed E-state index contributed by atoms with van der Waals surface area (Å²) in [6.07, 6.45) is 0.602. The summed E-state index contributed by atoms with van der Waals surface area (Å²) in [5, 5.41) is 7.28. The highest BCUT2D eigenvalue weighted by Gasteiger charge is 2.16. The van der Waals surface area contributed by atoms with Crippen LogP contribution in [0.1, 0.15) is 38.7 Å². The number of nitrogens with zero attached hydrogens (tertiary/aromatic N) is 1. The van der Waals surface area contributed by atoms with E-state index in [1.54, 1.807) is 0 Å². The average Bonchev–Trinajstić information content (AvgIpc) is 2.51. The molecule has 0 spiro atoms. The van der Waals surface area contributed by atoms with Crippen LogP contribution in [0.2, 0.25) is 10.0 Å². The molecule has 0 aliphatic rings. The Balaban J connectivity index is 2.48. The first-order chi connectivity index (χ1) is 12.1. The van der Waals surface area contributed by atoms with Crippen molar-refractivity contribution in [1.29, 1.82) is 0 Å². The number of ether oxygens (including phenoxy) is 1. The molecule has 0 fully saturated rings. The second-order valence-corrected chi connectivity index (χ2v) is 8.41. The molecular formula is C19H31Cl2N3O2. The van der Waals surface area contributed by atoms with Gasteiger partial charge in [-0.1, -0.05) is 29.3 Å². The molecule has 26 heavy (non-hydrogen) atoms. The van der Waals surface area contributed by atoms with Crippen LogP contribution in [0, 0.1) is 0 Å². The van der Waals surface area contributed by atoms with Crippen LogP contribution in [-0.4, -0.2) is 56.9 Å². The molecule has 148 valence electrons. The maximum atomic E-state index is 11.6. The molecule has 1 amide bonds. The summed E-state index contributed by atoms with van der Waals surface area (Å²) in [5.41, 5.74) is 0.677. The van der Waals surface area contributed by atoms with Crippen molar-refractivity contribution in [2.45, 2.75) is 38.7 Å². The molecular weight excluding hydrogens is 373 g/mol. The lowest BCUT2D eigenvalue weighted by molar-refractivity contribution is 0.0528. The maximum Gasteiger partial charge on any atom is 0.407 e. The van der Waals surface area contributed by atoms with Gasteiger partial charge in [-0.15, -0.1) is 0 Å². The largest absolute Gasteiger partial charge is 0.444 e. The van der Waals surface area contributed by atoms with Crippen LogP contribution in [0.15, 0.2) is 18.2 Å². The van der Waals surface area contributed by atoms with Gasteiger partial charge in [0.15, 0.2) is 0 Å². The van der Waals surface area contributed by atoms with E-state index in [1.165, 1.54) is 0 Å². The molecule has 0 aliphatic heterocycles. The highest BCUT2D eigenvalue weighted by atomic mass is 35.5. The lowest BCUT2D eigenvalue weighted by atomic mass is 9.95. The summed E-state index contributed by atoms with van der Waals surface area (Å²) < 4.78 is 5.21. The Morgan fingerprint density at radius 1 is 1.19 bits per heavy atom. The van der Waals surface area contributed by atoms with Crippen molar-refractivity contribution in [3.8, 4) is 0 Å². The monoisotopic (exact) mass is 403 g/mol. The Labute approximate surface area is 167 Å². The van der Waals surface area contributed by atoms with Crippen LogP contribution >= 0.6 is 23.2 Å². The molecule has 7 heteroatoms. The van der Waals surface area contributed by atoms with Gasteiger partial charge >= 0.3 is 6.09 Å². The van der Waals surface area contributed by atoms with Crippen molar-refractivity contribution in [1.82, 2.24) is 15.5 Å². The molecule has 1 aromatic carbocycles. The first kappa shape index (κ1) is 23.0. The molecule has 1 rings (SSSR count). The number of halogens is 2. The smallest absolute Gasteiger partial charge is 0.407 e. The highest BCUT2D eigenvalue weighted by Crippen LogP contribution is 2.28. The molecule has 1 aromatic rings. The first-order valence-corrected chi connectivity index (χ1v) is 9.61. The maximum absolute atomic E-state index is 11.6. The third-order valence-corrected chi connectivity index (χ3v) is 4.44. The van der Waals surface area contributed by atoms with Crippen molar-refractivity contribution in [2.24, 2.45) is 0 Å². The van der Waals surface area contributed by atoms with Crippen LogP contribution in [0.5, 0.6) is 0 Å². The molecule has 0 saturated carbocycles. The predicted molar refractivity (Wildman–Crippen MR) is 109 cm³/mol. The number of rotatable bonds is 9. The van der Waals surface area contributed by atoms with E-state index in [0.717, 1.165) is 25.1 Å². The van der Waals surface area contributed by atoms with Crippen LogP contribution in [0.3, 0.4) is 0 Å². The molecule has 1 atom stereocenters. The SMILES string of the molecule is CN(C)CCC(CNCCNC(=O)OC(C)(C)C)c1ccc(Cl)c(Cl)c1. The Morgan fingerprint density at radius 2 is 1.88 bits per heavy atom. The van der Waals surface area contributed by atoms with Gasteiger partial charge in [-0.2, -0.15) is 0 Å². The first-order valence-electron chi connectivity index (χ1n) is 8.85. The van der Waals surface area contributed by atoms with Gasteiger partial charge in [0.2, 0.25) is 0 Å². The molecule has 0 aromatic heterocycles. The topological polar surface area (TPSA) is 53.6 Å². The number of nitrogens with one attached hydrogen (secondary N) is 2. The fourth-order valence-corrected chi connectivity index (χ4v) is 2.72. The van der Waals surface area contributed by atoms with Gasteiger partial charge in [0.1, 0.15) is 5.60 Å². The van der Waals surface area contributed by atoms with Gasteiger partial charge in [-0.05, 0) is 71.4 Å². The number of benzene rings is 1. The van der Waals surface area contributed by atoms with Gasteiger partial charge in [-0.25, -0.2) is 4.79 Å². The van der Waals surface area contributed by atoms with Crippen LogP contribution in [-0.2, 0) is 4.74 Å². The summed E-state index contributed by atoms with van der Waals surface area (Å²) in [6.45, 7) is 8.48. The molecule has 0 aliphatic carbocycles. The van der Waals surface area contributed by atoms with Crippen molar-refractivity contribution in [2.75, 3.05) is 40.3 Å². The van der Waals surface area contributed by atoms with Gasteiger partial charge in [-0.3, -0.25) is 0 Å². The van der Waals surface area contributed by atoms with E-state index in [2.05, 4.69) is 29.6 Å². The summed E-state index contributed by atoms with van der Waals surface area (Å²) in [4.78, 5) is 13.8. The Kier molecular flexibility index (Phi) is 9.72. The van der Waals surface area contributed by atoms with E-state index in [-0.39, 0.29) is 0 Å². The Morgan fingerprint density at radius 3 is 2.46 bits per heavy atom. The Hall–Kier alpha value is -1.01. The molecule has 2 N–H and O–H groups in total. The van der Waals surface area contributed by atoms with E-state index < -0.39 is 11.7 Å². The van der Waals surface area contributed by atoms with Crippen LogP contribution < -0.4 is 10.6 Å².